The monoisotopic (exact) mass is 525 g/mol. The average Bonchev–Trinajstić information content (AvgIpc) is 3.49. The number of rotatable bonds is 8. The number of hydrogen-bond donors (Lipinski definition) is 3. The van der Waals surface area contributed by atoms with Crippen LogP contribution in [0.3, 0.4) is 0 Å². The third-order valence-corrected chi connectivity index (χ3v) is 5.62. The van der Waals surface area contributed by atoms with Crippen molar-refractivity contribution in [3.8, 4) is 22.8 Å². The zero-order valence-electron chi connectivity index (χ0n) is 21.5. The zero-order chi connectivity index (χ0) is 27.4. The SMILES string of the molecule is Cn1nc(C(C)(C)C)cc1NC(=O)Nc1ccc(Oc2ccnc(-c3cnn(CCCO)c3)c2)c(F)c1F. The Hall–Kier alpha value is -4.32. The van der Waals surface area contributed by atoms with Gasteiger partial charge >= 0.3 is 6.03 Å². The molecule has 4 rings (SSSR count). The van der Waals surface area contributed by atoms with Gasteiger partial charge in [0, 0.05) is 55.7 Å². The highest BCUT2D eigenvalue weighted by Crippen LogP contribution is 2.31. The molecule has 0 fully saturated rings. The van der Waals surface area contributed by atoms with Crippen LogP contribution in [-0.4, -0.2) is 42.3 Å². The fourth-order valence-corrected chi connectivity index (χ4v) is 3.54. The van der Waals surface area contributed by atoms with Gasteiger partial charge < -0.3 is 15.2 Å². The predicted molar refractivity (Wildman–Crippen MR) is 138 cm³/mol. The van der Waals surface area contributed by atoms with Gasteiger partial charge in [-0.15, -0.1) is 0 Å². The number of aliphatic hydroxyl groups excluding tert-OH is 1. The molecule has 0 saturated heterocycles. The molecule has 0 aliphatic carbocycles. The van der Waals surface area contributed by atoms with Crippen LogP contribution in [0.15, 0.2) is 48.9 Å². The Morgan fingerprint density at radius 2 is 1.92 bits per heavy atom. The molecule has 0 bridgehead atoms. The van der Waals surface area contributed by atoms with Crippen LogP contribution in [0.5, 0.6) is 11.5 Å². The van der Waals surface area contributed by atoms with E-state index in [0.29, 0.717) is 30.0 Å². The summed E-state index contributed by atoms with van der Waals surface area (Å²) in [6, 6.07) is 6.49. The highest BCUT2D eigenvalue weighted by molar-refractivity contribution is 5.99. The summed E-state index contributed by atoms with van der Waals surface area (Å²) in [5.74, 6) is -2.24. The molecule has 0 radical (unpaired) electrons. The van der Waals surface area contributed by atoms with Crippen LogP contribution in [0, 0.1) is 11.6 Å². The number of aryl methyl sites for hydroxylation is 2. The molecule has 4 aromatic rings. The van der Waals surface area contributed by atoms with Crippen LogP contribution in [-0.2, 0) is 19.0 Å². The van der Waals surface area contributed by atoms with Gasteiger partial charge in [-0.25, -0.2) is 9.18 Å². The van der Waals surface area contributed by atoms with Gasteiger partial charge in [-0.3, -0.25) is 19.7 Å². The largest absolute Gasteiger partial charge is 0.454 e. The summed E-state index contributed by atoms with van der Waals surface area (Å²) >= 11 is 0. The van der Waals surface area contributed by atoms with Crippen LogP contribution < -0.4 is 15.4 Å². The van der Waals surface area contributed by atoms with Crippen LogP contribution in [0.2, 0.25) is 0 Å². The summed E-state index contributed by atoms with van der Waals surface area (Å²) in [4.78, 5) is 16.7. The number of ether oxygens (including phenoxy) is 1. The van der Waals surface area contributed by atoms with Gasteiger partial charge in [-0.2, -0.15) is 14.6 Å². The average molecular weight is 526 g/mol. The number of nitrogens with zero attached hydrogens (tertiary/aromatic N) is 5. The molecule has 0 spiro atoms. The number of anilines is 2. The molecule has 0 saturated carbocycles. The first-order valence-electron chi connectivity index (χ1n) is 11.9. The molecule has 0 unspecified atom stereocenters. The lowest BCUT2D eigenvalue weighted by atomic mass is 9.92. The first kappa shape index (κ1) is 26.7. The molecule has 3 aromatic heterocycles. The number of amides is 2. The number of carbonyl (C=O) groups excluding carboxylic acids is 1. The van der Waals surface area contributed by atoms with Crippen molar-refractivity contribution in [3.63, 3.8) is 0 Å². The first-order valence-corrected chi connectivity index (χ1v) is 11.9. The van der Waals surface area contributed by atoms with Gasteiger partial charge in [-0.1, -0.05) is 20.8 Å². The van der Waals surface area contributed by atoms with E-state index in [2.05, 4.69) is 25.8 Å². The number of urea groups is 1. The molecule has 3 heterocycles. The molecule has 0 aliphatic rings. The number of carbonyl (C=O) groups is 1. The number of hydrogen-bond acceptors (Lipinski definition) is 6. The molecule has 0 aliphatic heterocycles. The van der Waals surface area contributed by atoms with Gasteiger partial charge in [0.2, 0.25) is 5.82 Å². The van der Waals surface area contributed by atoms with Gasteiger partial charge in [0.25, 0.3) is 0 Å². The van der Waals surface area contributed by atoms with E-state index >= 15 is 0 Å². The Labute approximate surface area is 218 Å². The lowest BCUT2D eigenvalue weighted by molar-refractivity contribution is 0.262. The minimum Gasteiger partial charge on any atom is -0.454 e. The number of pyridine rings is 1. The van der Waals surface area contributed by atoms with Crippen LogP contribution >= 0.6 is 0 Å². The van der Waals surface area contributed by atoms with E-state index in [1.807, 2.05) is 20.8 Å². The van der Waals surface area contributed by atoms with Crippen molar-refractivity contribution >= 4 is 17.5 Å². The third kappa shape index (κ3) is 6.14. The van der Waals surface area contributed by atoms with E-state index in [-0.39, 0.29) is 29.2 Å². The molecular weight excluding hydrogens is 496 g/mol. The van der Waals surface area contributed by atoms with E-state index < -0.39 is 17.7 Å². The van der Waals surface area contributed by atoms with E-state index in [0.717, 1.165) is 5.69 Å². The summed E-state index contributed by atoms with van der Waals surface area (Å²) in [5.41, 5.74) is 1.42. The maximum Gasteiger partial charge on any atom is 0.324 e. The quantitative estimate of drug-likeness (QED) is 0.295. The molecule has 0 atom stereocenters. The maximum absolute atomic E-state index is 14.8. The minimum atomic E-state index is -1.27. The maximum atomic E-state index is 14.8. The fourth-order valence-electron chi connectivity index (χ4n) is 3.54. The van der Waals surface area contributed by atoms with Crippen LogP contribution in [0.4, 0.5) is 25.1 Å². The van der Waals surface area contributed by atoms with E-state index in [9.17, 15) is 13.6 Å². The summed E-state index contributed by atoms with van der Waals surface area (Å²) in [6.45, 7) is 6.57. The van der Waals surface area contributed by atoms with Gasteiger partial charge in [0.05, 0.1) is 23.3 Å². The fraction of sp³-hybridized carbons (Fsp3) is 0.308. The number of aliphatic hydroxyl groups is 1. The topological polar surface area (TPSA) is 119 Å². The summed E-state index contributed by atoms with van der Waals surface area (Å²) in [5, 5.41) is 22.5. The molecule has 2 amide bonds. The van der Waals surface area contributed by atoms with E-state index in [1.165, 1.54) is 29.1 Å². The van der Waals surface area contributed by atoms with Crippen molar-refractivity contribution < 1.29 is 23.4 Å². The van der Waals surface area contributed by atoms with Crippen molar-refractivity contribution in [1.82, 2.24) is 24.5 Å². The Kier molecular flexibility index (Phi) is 7.72. The Bertz CT molecular complexity index is 1440. The normalized spacial score (nSPS) is 11.4. The second kappa shape index (κ2) is 11.0. The molecular formula is C26H29F2N7O3. The molecule has 38 heavy (non-hydrogen) atoms. The van der Waals surface area contributed by atoms with E-state index in [4.69, 9.17) is 9.84 Å². The Morgan fingerprint density at radius 3 is 2.63 bits per heavy atom. The number of benzene rings is 1. The number of aromatic nitrogens is 5. The van der Waals surface area contributed by atoms with Crippen molar-refractivity contribution in [2.75, 3.05) is 17.2 Å². The highest BCUT2D eigenvalue weighted by atomic mass is 19.2. The zero-order valence-corrected chi connectivity index (χ0v) is 21.5. The van der Waals surface area contributed by atoms with Crippen LogP contribution in [0.1, 0.15) is 32.9 Å². The van der Waals surface area contributed by atoms with Crippen molar-refractivity contribution in [2.45, 2.75) is 39.2 Å². The first-order chi connectivity index (χ1) is 18.0. The summed E-state index contributed by atoms with van der Waals surface area (Å²) in [7, 11) is 1.67. The third-order valence-electron chi connectivity index (χ3n) is 5.62. The molecule has 10 nitrogen and oxygen atoms in total. The molecule has 3 N–H and O–H groups in total. The smallest absolute Gasteiger partial charge is 0.324 e. The lowest BCUT2D eigenvalue weighted by Gasteiger charge is -2.13. The van der Waals surface area contributed by atoms with Crippen molar-refractivity contribution in [1.29, 1.82) is 0 Å². The van der Waals surface area contributed by atoms with Crippen LogP contribution in [0.25, 0.3) is 11.3 Å². The second-order valence-corrected chi connectivity index (χ2v) is 9.65. The molecule has 200 valence electrons. The minimum absolute atomic E-state index is 0.0561. The number of nitrogens with one attached hydrogen (secondary N) is 2. The highest BCUT2D eigenvalue weighted by Gasteiger charge is 2.21. The standard InChI is InChI=1S/C26H29F2N7O3/c1-26(2,3)21-13-22(34(4)33-21)32-25(37)31-18-6-7-20(24(28)23(18)27)38-17-8-9-29-19(12-17)16-14-30-35(15-16)10-5-11-36/h6-9,12-15,36H,5,10-11H2,1-4H3,(H2,31,32,37). The Balaban J connectivity index is 1.45. The Morgan fingerprint density at radius 1 is 1.13 bits per heavy atom. The summed E-state index contributed by atoms with van der Waals surface area (Å²) < 4.78 is 38.4. The molecule has 1 aromatic carbocycles. The van der Waals surface area contributed by atoms with Gasteiger partial charge in [0.15, 0.2) is 11.6 Å². The van der Waals surface area contributed by atoms with Gasteiger partial charge in [-0.05, 0) is 24.6 Å². The van der Waals surface area contributed by atoms with Crippen molar-refractivity contribution in [2.24, 2.45) is 7.05 Å². The predicted octanol–water partition coefficient (Wildman–Crippen LogP) is 5.07. The summed E-state index contributed by atoms with van der Waals surface area (Å²) in [6.07, 6.45) is 5.43. The van der Waals surface area contributed by atoms with Crippen molar-refractivity contribution in [3.05, 3.63) is 66.3 Å². The number of halogens is 2. The second-order valence-electron chi connectivity index (χ2n) is 9.65. The van der Waals surface area contributed by atoms with Gasteiger partial charge in [0.1, 0.15) is 11.6 Å². The lowest BCUT2D eigenvalue weighted by Crippen LogP contribution is -2.22. The van der Waals surface area contributed by atoms with E-state index in [1.54, 1.807) is 36.3 Å². The molecule has 12 heteroatoms.